The van der Waals surface area contributed by atoms with Crippen molar-refractivity contribution in [3.05, 3.63) is 57.1 Å². The molecule has 0 aliphatic carbocycles. The fraction of sp³-hybridized carbons (Fsp3) is 0.133. The molecule has 0 aliphatic rings. The number of aryl methyl sites for hydroxylation is 2. The van der Waals surface area contributed by atoms with E-state index in [9.17, 15) is 9.59 Å². The van der Waals surface area contributed by atoms with Gasteiger partial charge in [-0.2, -0.15) is 0 Å². The lowest BCUT2D eigenvalue weighted by molar-refractivity contribution is 0.0993. The SMILES string of the molecule is Cc1ccc2cc(C(=O)Nc3nc(C)cs3)oc(=O)c2c1. The minimum Gasteiger partial charge on any atom is -0.417 e. The fourth-order valence-electron chi connectivity index (χ4n) is 1.98. The Bertz CT molecular complexity index is 895. The third kappa shape index (κ3) is 2.71. The Morgan fingerprint density at radius 2 is 2.10 bits per heavy atom. The first-order valence-electron chi connectivity index (χ1n) is 6.31. The molecule has 6 heteroatoms. The predicted octanol–water partition coefficient (Wildman–Crippen LogP) is 3.12. The summed E-state index contributed by atoms with van der Waals surface area (Å²) in [5, 5.41) is 6.07. The standard InChI is InChI=1S/C15H12N2O3S/c1-8-3-4-10-6-12(20-14(19)11(10)5-8)13(18)17-15-16-9(2)7-21-15/h3-7H,1-2H3,(H,16,17,18). The van der Waals surface area contributed by atoms with Crippen LogP contribution in [0.25, 0.3) is 10.8 Å². The van der Waals surface area contributed by atoms with Crippen LogP contribution in [0.4, 0.5) is 5.13 Å². The van der Waals surface area contributed by atoms with Crippen molar-refractivity contribution in [3.63, 3.8) is 0 Å². The lowest BCUT2D eigenvalue weighted by Crippen LogP contribution is -2.14. The summed E-state index contributed by atoms with van der Waals surface area (Å²) in [6.07, 6.45) is 0. The molecular weight excluding hydrogens is 288 g/mol. The molecule has 106 valence electrons. The van der Waals surface area contributed by atoms with Crippen LogP contribution in [0, 0.1) is 13.8 Å². The first-order valence-corrected chi connectivity index (χ1v) is 7.19. The zero-order chi connectivity index (χ0) is 15.0. The minimum atomic E-state index is -0.517. The Morgan fingerprint density at radius 1 is 1.29 bits per heavy atom. The van der Waals surface area contributed by atoms with E-state index in [0.29, 0.717) is 15.9 Å². The zero-order valence-corrected chi connectivity index (χ0v) is 12.3. The van der Waals surface area contributed by atoms with E-state index >= 15 is 0 Å². The fourth-order valence-corrected chi connectivity index (χ4v) is 2.66. The molecule has 5 nitrogen and oxygen atoms in total. The van der Waals surface area contributed by atoms with E-state index in [1.54, 1.807) is 18.2 Å². The molecule has 0 aliphatic heterocycles. The number of carbonyl (C=O) groups excluding carboxylic acids is 1. The number of fused-ring (bicyclic) bond motifs is 1. The third-order valence-corrected chi connectivity index (χ3v) is 3.86. The summed E-state index contributed by atoms with van der Waals surface area (Å²) in [7, 11) is 0. The molecule has 2 heterocycles. The molecule has 1 N–H and O–H groups in total. The molecule has 1 amide bonds. The number of nitrogens with one attached hydrogen (secondary N) is 1. The van der Waals surface area contributed by atoms with E-state index < -0.39 is 11.5 Å². The number of thiazole rings is 1. The highest BCUT2D eigenvalue weighted by Gasteiger charge is 2.13. The highest BCUT2D eigenvalue weighted by Crippen LogP contribution is 2.17. The maximum absolute atomic E-state index is 12.1. The molecule has 2 aromatic heterocycles. The monoisotopic (exact) mass is 300 g/mol. The van der Waals surface area contributed by atoms with E-state index in [1.807, 2.05) is 25.3 Å². The first kappa shape index (κ1) is 13.5. The summed E-state index contributed by atoms with van der Waals surface area (Å²) >= 11 is 1.32. The van der Waals surface area contributed by atoms with Gasteiger partial charge in [0, 0.05) is 5.38 Å². The zero-order valence-electron chi connectivity index (χ0n) is 11.5. The molecule has 0 spiro atoms. The van der Waals surface area contributed by atoms with Crippen LogP contribution in [-0.2, 0) is 0 Å². The summed E-state index contributed by atoms with van der Waals surface area (Å²) in [4.78, 5) is 28.2. The van der Waals surface area contributed by atoms with Crippen molar-refractivity contribution >= 4 is 33.1 Å². The van der Waals surface area contributed by atoms with Gasteiger partial charge in [-0.1, -0.05) is 17.7 Å². The maximum Gasteiger partial charge on any atom is 0.344 e. The van der Waals surface area contributed by atoms with Crippen LogP contribution >= 0.6 is 11.3 Å². The smallest absolute Gasteiger partial charge is 0.344 e. The highest BCUT2D eigenvalue weighted by atomic mass is 32.1. The molecule has 0 saturated heterocycles. The van der Waals surface area contributed by atoms with Gasteiger partial charge in [-0.15, -0.1) is 11.3 Å². The molecular formula is C15H12N2O3S. The van der Waals surface area contributed by atoms with Gasteiger partial charge in [0.1, 0.15) is 0 Å². The van der Waals surface area contributed by atoms with Crippen LogP contribution in [0.15, 0.2) is 38.9 Å². The number of amides is 1. The van der Waals surface area contributed by atoms with E-state index in [4.69, 9.17) is 4.42 Å². The van der Waals surface area contributed by atoms with Crippen LogP contribution in [0.1, 0.15) is 21.8 Å². The minimum absolute atomic E-state index is 0.0239. The summed E-state index contributed by atoms with van der Waals surface area (Å²) in [6, 6.07) is 6.98. The van der Waals surface area contributed by atoms with Crippen LogP contribution < -0.4 is 10.9 Å². The van der Waals surface area contributed by atoms with Crippen molar-refractivity contribution in [2.75, 3.05) is 5.32 Å². The van der Waals surface area contributed by atoms with E-state index in [-0.39, 0.29) is 5.76 Å². The molecule has 0 atom stereocenters. The number of rotatable bonds is 2. The highest BCUT2D eigenvalue weighted by molar-refractivity contribution is 7.13. The summed E-state index contributed by atoms with van der Waals surface area (Å²) in [5.74, 6) is -0.506. The Hall–Kier alpha value is -2.47. The predicted molar refractivity (Wildman–Crippen MR) is 82.0 cm³/mol. The van der Waals surface area contributed by atoms with Gasteiger partial charge in [0.2, 0.25) is 0 Å². The number of aromatic nitrogens is 1. The van der Waals surface area contributed by atoms with Gasteiger partial charge < -0.3 is 4.42 Å². The largest absolute Gasteiger partial charge is 0.417 e. The van der Waals surface area contributed by atoms with E-state index in [2.05, 4.69) is 10.3 Å². The van der Waals surface area contributed by atoms with Crippen molar-refractivity contribution in [1.29, 1.82) is 0 Å². The average Bonchev–Trinajstić information content (AvgIpc) is 2.84. The summed E-state index contributed by atoms with van der Waals surface area (Å²) in [6.45, 7) is 3.73. The lowest BCUT2D eigenvalue weighted by atomic mass is 10.1. The number of nitrogens with zero attached hydrogens (tertiary/aromatic N) is 1. The van der Waals surface area contributed by atoms with Gasteiger partial charge in [0.15, 0.2) is 10.9 Å². The molecule has 3 rings (SSSR count). The van der Waals surface area contributed by atoms with Gasteiger partial charge in [0.25, 0.3) is 5.91 Å². The van der Waals surface area contributed by atoms with Gasteiger partial charge in [-0.3, -0.25) is 10.1 Å². The van der Waals surface area contributed by atoms with Crippen molar-refractivity contribution in [3.8, 4) is 0 Å². The third-order valence-electron chi connectivity index (χ3n) is 2.98. The average molecular weight is 300 g/mol. The lowest BCUT2D eigenvalue weighted by Gasteiger charge is -2.03. The molecule has 0 saturated carbocycles. The summed E-state index contributed by atoms with van der Waals surface area (Å²) < 4.78 is 5.10. The Morgan fingerprint density at radius 3 is 2.81 bits per heavy atom. The van der Waals surface area contributed by atoms with E-state index in [1.165, 1.54) is 11.3 Å². The second kappa shape index (κ2) is 5.14. The molecule has 0 unspecified atom stereocenters. The van der Waals surface area contributed by atoms with Crippen molar-refractivity contribution in [2.24, 2.45) is 0 Å². The van der Waals surface area contributed by atoms with Gasteiger partial charge in [-0.25, -0.2) is 9.78 Å². The quantitative estimate of drug-likeness (QED) is 0.789. The topological polar surface area (TPSA) is 72.2 Å². The molecule has 0 fully saturated rings. The number of hydrogen-bond donors (Lipinski definition) is 1. The molecule has 3 aromatic rings. The van der Waals surface area contributed by atoms with Crippen LogP contribution in [0.3, 0.4) is 0 Å². The molecule has 0 radical (unpaired) electrons. The first-order chi connectivity index (χ1) is 10.0. The van der Waals surface area contributed by atoms with E-state index in [0.717, 1.165) is 11.3 Å². The molecule has 0 bridgehead atoms. The molecule has 21 heavy (non-hydrogen) atoms. The van der Waals surface area contributed by atoms with Crippen LogP contribution in [0.2, 0.25) is 0 Å². The number of benzene rings is 1. The van der Waals surface area contributed by atoms with Gasteiger partial charge in [0.05, 0.1) is 11.1 Å². The van der Waals surface area contributed by atoms with Crippen molar-refractivity contribution in [2.45, 2.75) is 13.8 Å². The maximum atomic E-state index is 12.1. The summed E-state index contributed by atoms with van der Waals surface area (Å²) in [5.41, 5.74) is 1.27. The Labute approximate surface area is 124 Å². The Kier molecular flexibility index (Phi) is 3.31. The number of hydrogen-bond acceptors (Lipinski definition) is 5. The number of anilines is 1. The van der Waals surface area contributed by atoms with Gasteiger partial charge >= 0.3 is 5.63 Å². The number of carbonyl (C=O) groups is 1. The second-order valence-corrected chi connectivity index (χ2v) is 5.60. The molecule has 1 aromatic carbocycles. The van der Waals surface area contributed by atoms with Crippen molar-refractivity contribution in [1.82, 2.24) is 4.98 Å². The van der Waals surface area contributed by atoms with Crippen molar-refractivity contribution < 1.29 is 9.21 Å². The van der Waals surface area contributed by atoms with Gasteiger partial charge in [-0.05, 0) is 31.4 Å². The normalized spacial score (nSPS) is 10.8. The second-order valence-electron chi connectivity index (χ2n) is 4.74. The van der Waals surface area contributed by atoms with Crippen LogP contribution in [0.5, 0.6) is 0 Å². The van der Waals surface area contributed by atoms with Crippen LogP contribution in [-0.4, -0.2) is 10.9 Å². The Balaban J connectivity index is 1.98.